The Morgan fingerprint density at radius 1 is 1.24 bits per heavy atom. The Morgan fingerprint density at radius 3 is 2.79 bits per heavy atom. The van der Waals surface area contributed by atoms with Crippen molar-refractivity contribution in [3.63, 3.8) is 0 Å². The number of piperidine rings is 1. The van der Waals surface area contributed by atoms with E-state index in [0.717, 1.165) is 16.9 Å². The topological polar surface area (TPSA) is 81.0 Å². The van der Waals surface area contributed by atoms with Gasteiger partial charge < -0.3 is 19.5 Å². The summed E-state index contributed by atoms with van der Waals surface area (Å²) in [5.74, 6) is 2.73. The second-order valence-corrected chi connectivity index (χ2v) is 7.57. The Kier molecular flexibility index (Phi) is 5.31. The molecule has 3 aromatic rings. The monoisotopic (exact) mass is 399 g/mol. The lowest BCUT2D eigenvalue weighted by Crippen LogP contribution is -2.46. The number of nitrogens with one attached hydrogen (secondary N) is 1. The first-order chi connectivity index (χ1) is 14.0. The van der Waals surface area contributed by atoms with Crippen LogP contribution in [0.2, 0.25) is 0 Å². The molecule has 0 spiro atoms. The van der Waals surface area contributed by atoms with Crippen LogP contribution < -0.4 is 10.2 Å². The number of hydrogen-bond acceptors (Lipinski definition) is 7. The lowest BCUT2D eigenvalue weighted by Gasteiger charge is -2.33. The van der Waals surface area contributed by atoms with Crippen LogP contribution in [0.15, 0.2) is 24.5 Å². The largest absolute Gasteiger partial charge is 0.378 e. The van der Waals surface area contributed by atoms with Crippen LogP contribution in [0, 0.1) is 6.92 Å². The summed E-state index contributed by atoms with van der Waals surface area (Å²) in [4.78, 5) is 19.7. The van der Waals surface area contributed by atoms with E-state index in [0.29, 0.717) is 36.6 Å². The number of rotatable bonds is 5. The Balaban J connectivity index is 1.56. The average molecular weight is 399 g/mol. The molecule has 2 atom stereocenters. The first kappa shape index (κ1) is 19.5. The molecule has 3 aromatic heterocycles. The fourth-order valence-corrected chi connectivity index (χ4v) is 3.87. The van der Waals surface area contributed by atoms with Crippen molar-refractivity contribution in [1.29, 1.82) is 0 Å². The number of aromatic nitrogens is 5. The maximum atomic E-state index is 14.2. The Morgan fingerprint density at radius 2 is 2.07 bits per heavy atom. The molecule has 1 unspecified atom stereocenters. The molecule has 29 heavy (non-hydrogen) atoms. The minimum Gasteiger partial charge on any atom is -0.378 e. The van der Waals surface area contributed by atoms with E-state index < -0.39 is 6.17 Å². The van der Waals surface area contributed by atoms with Gasteiger partial charge in [-0.3, -0.25) is 0 Å². The van der Waals surface area contributed by atoms with Gasteiger partial charge in [0.1, 0.15) is 29.1 Å². The number of alkyl halides is 1. The van der Waals surface area contributed by atoms with Crippen LogP contribution in [0.25, 0.3) is 11.0 Å². The predicted octanol–water partition coefficient (Wildman–Crippen LogP) is 3.42. The lowest BCUT2D eigenvalue weighted by molar-refractivity contribution is 0.0194. The van der Waals surface area contributed by atoms with Crippen molar-refractivity contribution < 1.29 is 9.13 Å². The van der Waals surface area contributed by atoms with Gasteiger partial charge in [0, 0.05) is 32.0 Å². The third-order valence-electron chi connectivity index (χ3n) is 5.23. The molecule has 1 aliphatic heterocycles. The number of anilines is 3. The highest BCUT2D eigenvalue weighted by molar-refractivity contribution is 5.79. The summed E-state index contributed by atoms with van der Waals surface area (Å²) in [5.41, 5.74) is 1.88. The van der Waals surface area contributed by atoms with E-state index in [4.69, 9.17) is 4.74 Å². The zero-order valence-electron chi connectivity index (χ0n) is 17.1. The lowest BCUT2D eigenvalue weighted by atomic mass is 10.1. The van der Waals surface area contributed by atoms with Crippen molar-refractivity contribution in [3.05, 3.63) is 30.4 Å². The molecule has 4 rings (SSSR count). The van der Waals surface area contributed by atoms with Crippen molar-refractivity contribution in [2.24, 2.45) is 0 Å². The van der Waals surface area contributed by atoms with Gasteiger partial charge in [-0.25, -0.2) is 19.3 Å². The number of nitrogens with zero attached hydrogens (tertiary/aromatic N) is 6. The van der Waals surface area contributed by atoms with Crippen molar-refractivity contribution in [2.75, 3.05) is 30.4 Å². The number of ether oxygens (including phenoxy) is 1. The maximum absolute atomic E-state index is 14.2. The first-order valence-electron chi connectivity index (χ1n) is 9.82. The Labute approximate surface area is 169 Å². The summed E-state index contributed by atoms with van der Waals surface area (Å²) in [6.45, 7) is 7.12. The van der Waals surface area contributed by atoms with E-state index in [1.165, 1.54) is 0 Å². The van der Waals surface area contributed by atoms with Gasteiger partial charge >= 0.3 is 0 Å². The van der Waals surface area contributed by atoms with Crippen LogP contribution in [0.1, 0.15) is 32.1 Å². The number of methoxy groups -OCH3 is 1. The molecule has 154 valence electrons. The molecule has 1 saturated heterocycles. The summed E-state index contributed by atoms with van der Waals surface area (Å²) in [6.07, 6.45) is 2.61. The predicted molar refractivity (Wildman–Crippen MR) is 110 cm³/mol. The molecule has 0 saturated carbocycles. The molecule has 1 fully saturated rings. The van der Waals surface area contributed by atoms with Gasteiger partial charge in [-0.1, -0.05) is 0 Å². The molecular formula is C20H26FN7O. The van der Waals surface area contributed by atoms with E-state index in [2.05, 4.69) is 43.7 Å². The van der Waals surface area contributed by atoms with Crippen LogP contribution in [0.5, 0.6) is 0 Å². The normalized spacial score (nSPS) is 19.9. The quantitative estimate of drug-likeness (QED) is 0.704. The first-order valence-corrected chi connectivity index (χ1v) is 9.82. The highest BCUT2D eigenvalue weighted by atomic mass is 19.1. The second-order valence-electron chi connectivity index (χ2n) is 7.57. The summed E-state index contributed by atoms with van der Waals surface area (Å²) in [7, 11) is 1.55. The molecule has 0 amide bonds. The number of fused-ring (bicyclic) bond motifs is 1. The van der Waals surface area contributed by atoms with Crippen LogP contribution in [-0.2, 0) is 4.74 Å². The van der Waals surface area contributed by atoms with E-state index in [-0.39, 0.29) is 12.6 Å². The van der Waals surface area contributed by atoms with Gasteiger partial charge in [0.05, 0.1) is 24.4 Å². The highest BCUT2D eigenvalue weighted by Crippen LogP contribution is 2.25. The molecule has 9 heteroatoms. The second kappa shape index (κ2) is 7.90. The van der Waals surface area contributed by atoms with E-state index in [9.17, 15) is 4.39 Å². The number of hydrogen-bond donors (Lipinski definition) is 1. The van der Waals surface area contributed by atoms with Crippen molar-refractivity contribution in [2.45, 2.75) is 45.5 Å². The van der Waals surface area contributed by atoms with E-state index in [1.807, 2.05) is 17.9 Å². The standard InChI is InChI=1S/C20H26FN7O/c1-12(2)28-13(3)24-15-10-23-19(9-16(15)28)25-18-5-7-22-20(26-18)27-8-6-17(29-4)14(21)11-27/h5,7,9-10,12,14,17H,6,8,11H2,1-4H3,(H,22,23,25,26)/t14?,17-/m0/s1. The zero-order chi connectivity index (χ0) is 20.5. The Hall–Kier alpha value is -2.81. The fourth-order valence-electron chi connectivity index (χ4n) is 3.87. The number of halogens is 1. The highest BCUT2D eigenvalue weighted by Gasteiger charge is 2.30. The van der Waals surface area contributed by atoms with Gasteiger partial charge in [0.25, 0.3) is 0 Å². The SMILES string of the molecule is CO[C@H]1CCN(c2nccc(Nc3cc4c(cn3)nc(C)n4C(C)C)n2)CC1F. The zero-order valence-corrected chi connectivity index (χ0v) is 17.1. The molecule has 0 radical (unpaired) electrons. The van der Waals surface area contributed by atoms with Crippen molar-refractivity contribution in [1.82, 2.24) is 24.5 Å². The van der Waals surface area contributed by atoms with Gasteiger partial charge in [-0.05, 0) is 33.3 Å². The van der Waals surface area contributed by atoms with Gasteiger partial charge in [0.15, 0.2) is 0 Å². The van der Waals surface area contributed by atoms with Crippen molar-refractivity contribution >= 4 is 28.6 Å². The number of pyridine rings is 1. The van der Waals surface area contributed by atoms with Crippen LogP contribution in [-0.4, -0.2) is 57.0 Å². The molecule has 4 heterocycles. The summed E-state index contributed by atoms with van der Waals surface area (Å²) in [6, 6.07) is 4.04. The molecule has 0 aliphatic carbocycles. The minimum atomic E-state index is -1.06. The number of imidazole rings is 1. The minimum absolute atomic E-state index is 0.221. The van der Waals surface area contributed by atoms with Gasteiger partial charge in [-0.2, -0.15) is 4.98 Å². The third kappa shape index (κ3) is 3.87. The molecule has 1 aliphatic rings. The van der Waals surface area contributed by atoms with Crippen molar-refractivity contribution in [3.8, 4) is 0 Å². The summed E-state index contributed by atoms with van der Waals surface area (Å²) < 4.78 is 21.6. The third-order valence-corrected chi connectivity index (χ3v) is 5.23. The van der Waals surface area contributed by atoms with E-state index in [1.54, 1.807) is 25.6 Å². The molecule has 8 nitrogen and oxygen atoms in total. The maximum Gasteiger partial charge on any atom is 0.227 e. The van der Waals surface area contributed by atoms with Crippen LogP contribution in [0.4, 0.5) is 22.0 Å². The smallest absolute Gasteiger partial charge is 0.227 e. The number of aryl methyl sites for hydroxylation is 1. The molecular weight excluding hydrogens is 373 g/mol. The summed E-state index contributed by atoms with van der Waals surface area (Å²) >= 11 is 0. The fraction of sp³-hybridized carbons (Fsp3) is 0.500. The summed E-state index contributed by atoms with van der Waals surface area (Å²) in [5, 5.41) is 3.23. The van der Waals surface area contributed by atoms with Crippen LogP contribution >= 0.6 is 0 Å². The average Bonchev–Trinajstić information content (AvgIpc) is 3.03. The van der Waals surface area contributed by atoms with Crippen LogP contribution in [0.3, 0.4) is 0 Å². The molecule has 0 aromatic carbocycles. The molecule has 0 bridgehead atoms. The Bertz CT molecular complexity index is 1010. The molecule has 1 N–H and O–H groups in total. The van der Waals surface area contributed by atoms with Gasteiger partial charge in [-0.15, -0.1) is 0 Å². The van der Waals surface area contributed by atoms with Gasteiger partial charge in [0.2, 0.25) is 5.95 Å². The van der Waals surface area contributed by atoms with E-state index >= 15 is 0 Å².